The molecule has 1 atom stereocenters. The quantitative estimate of drug-likeness (QED) is 0.657. The predicted octanol–water partition coefficient (Wildman–Crippen LogP) is 3.80. The van der Waals surface area contributed by atoms with E-state index in [0.29, 0.717) is 11.2 Å². The van der Waals surface area contributed by atoms with E-state index in [9.17, 15) is 0 Å². The van der Waals surface area contributed by atoms with Gasteiger partial charge in [0.05, 0.1) is 0 Å². The van der Waals surface area contributed by atoms with Crippen LogP contribution in [0.5, 0.6) is 0 Å². The van der Waals surface area contributed by atoms with Crippen LogP contribution in [0.25, 0.3) is 0 Å². The van der Waals surface area contributed by atoms with Gasteiger partial charge in [0.2, 0.25) is 0 Å². The first kappa shape index (κ1) is 9.66. The van der Waals surface area contributed by atoms with E-state index in [0.717, 1.165) is 0 Å². The molecule has 0 saturated carbocycles. The second kappa shape index (κ2) is 3.99. The first-order valence-electron chi connectivity index (χ1n) is 4.39. The molecule has 0 aromatic heterocycles. The van der Waals surface area contributed by atoms with Gasteiger partial charge < -0.3 is 0 Å². The molecule has 0 nitrogen and oxygen atoms in total. The molecule has 0 spiro atoms. The molecule has 1 heteroatoms. The summed E-state index contributed by atoms with van der Waals surface area (Å²) >= 11 is 4.37. The van der Waals surface area contributed by atoms with Gasteiger partial charge >= 0.3 is 0 Å². The third-order valence-electron chi connectivity index (χ3n) is 2.09. The minimum atomic E-state index is 0.339. The molecule has 0 aliphatic carbocycles. The van der Waals surface area contributed by atoms with E-state index in [1.54, 1.807) is 0 Å². The zero-order chi connectivity index (χ0) is 9.14. The minimum Gasteiger partial charge on any atom is -0.171 e. The lowest BCUT2D eigenvalue weighted by Gasteiger charge is -2.08. The topological polar surface area (TPSA) is 0 Å². The van der Waals surface area contributed by atoms with Gasteiger partial charge in [0.25, 0.3) is 0 Å². The zero-order valence-corrected chi connectivity index (χ0v) is 8.81. The number of benzene rings is 1. The van der Waals surface area contributed by atoms with Crippen LogP contribution in [0.15, 0.2) is 24.3 Å². The van der Waals surface area contributed by atoms with E-state index in [2.05, 4.69) is 57.7 Å². The van der Waals surface area contributed by atoms with Crippen molar-refractivity contribution in [2.24, 2.45) is 0 Å². The molecule has 66 valence electrons. The van der Waals surface area contributed by atoms with Gasteiger partial charge in [-0.2, -0.15) is 12.6 Å². The third kappa shape index (κ3) is 2.28. The van der Waals surface area contributed by atoms with Crippen LogP contribution in [-0.4, -0.2) is 0 Å². The Morgan fingerprint density at radius 1 is 0.917 bits per heavy atom. The second-order valence-corrected chi connectivity index (χ2v) is 4.27. The van der Waals surface area contributed by atoms with Crippen LogP contribution in [0.4, 0.5) is 0 Å². The molecule has 0 saturated heterocycles. The molecule has 1 rings (SSSR count). The molecule has 0 amide bonds. The maximum atomic E-state index is 4.37. The molecule has 1 aromatic rings. The van der Waals surface area contributed by atoms with Gasteiger partial charge in [-0.05, 0) is 24.0 Å². The number of hydrogen-bond acceptors (Lipinski definition) is 1. The van der Waals surface area contributed by atoms with E-state index in [1.807, 2.05) is 0 Å². The van der Waals surface area contributed by atoms with E-state index in [4.69, 9.17) is 0 Å². The van der Waals surface area contributed by atoms with Gasteiger partial charge in [0.15, 0.2) is 0 Å². The van der Waals surface area contributed by atoms with Gasteiger partial charge in [-0.3, -0.25) is 0 Å². The second-order valence-electron chi connectivity index (χ2n) is 3.50. The van der Waals surface area contributed by atoms with Crippen LogP contribution in [0, 0.1) is 0 Å². The predicted molar refractivity (Wildman–Crippen MR) is 57.9 cm³/mol. The van der Waals surface area contributed by atoms with Crippen LogP contribution >= 0.6 is 12.6 Å². The minimum absolute atomic E-state index is 0.339. The largest absolute Gasteiger partial charge is 0.171 e. The van der Waals surface area contributed by atoms with Crippen LogP contribution in [0.1, 0.15) is 43.1 Å². The molecule has 0 heterocycles. The Labute approximate surface area is 80.4 Å². The zero-order valence-electron chi connectivity index (χ0n) is 7.91. The van der Waals surface area contributed by atoms with E-state index < -0.39 is 0 Å². The molecular formula is C11H16S. The SMILES string of the molecule is CC(C)c1ccc([C@H](C)S)cc1. The van der Waals surface area contributed by atoms with Crippen molar-refractivity contribution in [3.63, 3.8) is 0 Å². The van der Waals surface area contributed by atoms with Gasteiger partial charge in [-0.25, -0.2) is 0 Å². The van der Waals surface area contributed by atoms with Crippen LogP contribution in [-0.2, 0) is 0 Å². The van der Waals surface area contributed by atoms with Gasteiger partial charge in [-0.15, -0.1) is 0 Å². The van der Waals surface area contributed by atoms with Crippen LogP contribution in [0.2, 0.25) is 0 Å². The lowest BCUT2D eigenvalue weighted by molar-refractivity contribution is 0.864. The Bertz CT molecular complexity index is 207. The van der Waals surface area contributed by atoms with Crippen LogP contribution in [0.3, 0.4) is 0 Å². The van der Waals surface area contributed by atoms with Crippen molar-refractivity contribution < 1.29 is 0 Å². The average Bonchev–Trinajstić information content (AvgIpc) is 2.04. The lowest BCUT2D eigenvalue weighted by atomic mass is 10.0. The summed E-state index contributed by atoms with van der Waals surface area (Å²) in [5, 5.41) is 0.339. The van der Waals surface area contributed by atoms with Crippen LogP contribution < -0.4 is 0 Å². The summed E-state index contributed by atoms with van der Waals surface area (Å²) in [5.41, 5.74) is 2.69. The van der Waals surface area contributed by atoms with E-state index in [1.165, 1.54) is 11.1 Å². The Kier molecular flexibility index (Phi) is 3.21. The van der Waals surface area contributed by atoms with Gasteiger partial charge in [0, 0.05) is 5.25 Å². The fourth-order valence-electron chi connectivity index (χ4n) is 1.16. The molecule has 1 aromatic carbocycles. The number of rotatable bonds is 2. The normalized spacial score (nSPS) is 13.4. The molecule has 0 aliphatic rings. The molecule has 0 unspecified atom stereocenters. The fourth-order valence-corrected chi connectivity index (χ4v) is 1.33. The third-order valence-corrected chi connectivity index (χ3v) is 2.38. The lowest BCUT2D eigenvalue weighted by Crippen LogP contribution is -1.89. The maximum absolute atomic E-state index is 4.37. The highest BCUT2D eigenvalue weighted by Crippen LogP contribution is 2.21. The van der Waals surface area contributed by atoms with E-state index >= 15 is 0 Å². The molecule has 0 N–H and O–H groups in total. The summed E-state index contributed by atoms with van der Waals surface area (Å²) in [6.07, 6.45) is 0. The smallest absolute Gasteiger partial charge is 0.0238 e. The highest BCUT2D eigenvalue weighted by Gasteiger charge is 2.01. The monoisotopic (exact) mass is 180 g/mol. The maximum Gasteiger partial charge on any atom is 0.0238 e. The fraction of sp³-hybridized carbons (Fsp3) is 0.455. The number of hydrogen-bond donors (Lipinski definition) is 1. The first-order valence-corrected chi connectivity index (χ1v) is 4.91. The van der Waals surface area contributed by atoms with Gasteiger partial charge in [-0.1, -0.05) is 38.1 Å². The number of thiol groups is 1. The summed E-state index contributed by atoms with van der Waals surface area (Å²) in [5.74, 6) is 0.620. The first-order chi connectivity index (χ1) is 5.61. The highest BCUT2D eigenvalue weighted by atomic mass is 32.1. The summed E-state index contributed by atoms with van der Waals surface area (Å²) in [4.78, 5) is 0. The van der Waals surface area contributed by atoms with E-state index in [-0.39, 0.29) is 0 Å². The highest BCUT2D eigenvalue weighted by molar-refractivity contribution is 7.80. The van der Waals surface area contributed by atoms with Crippen molar-refractivity contribution >= 4 is 12.6 Å². The van der Waals surface area contributed by atoms with Crippen molar-refractivity contribution in [1.29, 1.82) is 0 Å². The average molecular weight is 180 g/mol. The Morgan fingerprint density at radius 2 is 1.33 bits per heavy atom. The molecule has 12 heavy (non-hydrogen) atoms. The summed E-state index contributed by atoms with van der Waals surface area (Å²) in [7, 11) is 0. The van der Waals surface area contributed by atoms with Crippen molar-refractivity contribution in [1.82, 2.24) is 0 Å². The van der Waals surface area contributed by atoms with Crippen molar-refractivity contribution in [2.75, 3.05) is 0 Å². The Morgan fingerprint density at radius 3 is 1.67 bits per heavy atom. The molecule has 0 radical (unpaired) electrons. The summed E-state index contributed by atoms with van der Waals surface area (Å²) in [6, 6.07) is 8.69. The Hall–Kier alpha value is -0.430. The molecular weight excluding hydrogens is 164 g/mol. The van der Waals surface area contributed by atoms with Gasteiger partial charge in [0.1, 0.15) is 0 Å². The molecule has 0 aliphatic heterocycles. The molecule has 0 fully saturated rings. The molecule has 0 bridgehead atoms. The van der Waals surface area contributed by atoms with Crippen molar-refractivity contribution in [2.45, 2.75) is 31.9 Å². The summed E-state index contributed by atoms with van der Waals surface area (Å²) < 4.78 is 0. The summed E-state index contributed by atoms with van der Waals surface area (Å²) in [6.45, 7) is 6.51. The van der Waals surface area contributed by atoms with Crippen molar-refractivity contribution in [3.05, 3.63) is 35.4 Å². The standard InChI is InChI=1S/C11H16S/c1-8(2)10-4-6-11(7-5-10)9(3)12/h4-9,12H,1-3H3/t9-/m0/s1. The Balaban J connectivity index is 2.86. The van der Waals surface area contributed by atoms with Crippen molar-refractivity contribution in [3.8, 4) is 0 Å².